The molecular formula is C16H10F2N2. The van der Waals surface area contributed by atoms with E-state index in [1.165, 1.54) is 48.5 Å². The summed E-state index contributed by atoms with van der Waals surface area (Å²) in [5.41, 5.74) is -0.208. The monoisotopic (exact) mass is 268 g/mol. The lowest BCUT2D eigenvalue weighted by Crippen LogP contribution is -2.25. The van der Waals surface area contributed by atoms with Crippen LogP contribution in [0.5, 0.6) is 0 Å². The molecular weight excluding hydrogens is 258 g/mol. The Morgan fingerprint density at radius 3 is 1.50 bits per heavy atom. The first-order valence-corrected chi connectivity index (χ1v) is 5.93. The molecule has 0 saturated carbocycles. The smallest absolute Gasteiger partial charge is 0.123 e. The van der Waals surface area contributed by atoms with Crippen LogP contribution in [0.4, 0.5) is 8.78 Å². The van der Waals surface area contributed by atoms with Gasteiger partial charge in [-0.2, -0.15) is 10.5 Å². The molecule has 2 nitrogen and oxygen atoms in total. The van der Waals surface area contributed by atoms with Crippen LogP contribution in [0.25, 0.3) is 0 Å². The van der Waals surface area contributed by atoms with Gasteiger partial charge in [0.2, 0.25) is 0 Å². The Bertz CT molecular complexity index is 631. The van der Waals surface area contributed by atoms with E-state index in [0.717, 1.165) is 0 Å². The second-order valence-corrected chi connectivity index (χ2v) is 4.37. The highest BCUT2D eigenvalue weighted by atomic mass is 19.1. The Balaban J connectivity index is 2.62. The predicted octanol–water partition coefficient (Wildman–Crippen LogP) is 3.69. The van der Waals surface area contributed by atoms with Crippen molar-refractivity contribution in [1.29, 1.82) is 10.5 Å². The molecule has 0 heterocycles. The van der Waals surface area contributed by atoms with Crippen molar-refractivity contribution in [3.8, 4) is 12.1 Å². The lowest BCUT2D eigenvalue weighted by Gasteiger charge is -2.25. The number of rotatable bonds is 3. The molecule has 0 unspecified atom stereocenters. The molecule has 0 bridgehead atoms. The Hall–Kier alpha value is -2.72. The summed E-state index contributed by atoms with van der Waals surface area (Å²) in [4.78, 5) is 0. The van der Waals surface area contributed by atoms with Crippen molar-refractivity contribution in [2.75, 3.05) is 0 Å². The normalized spacial score (nSPS) is 10.6. The minimum Gasteiger partial charge on any atom is -0.207 e. The Morgan fingerprint density at radius 1 is 0.800 bits per heavy atom. The molecule has 98 valence electrons. The van der Waals surface area contributed by atoms with Crippen LogP contribution in [-0.4, -0.2) is 0 Å². The first kappa shape index (κ1) is 13.7. The van der Waals surface area contributed by atoms with Crippen LogP contribution in [-0.2, 0) is 5.41 Å². The zero-order valence-corrected chi connectivity index (χ0v) is 10.5. The van der Waals surface area contributed by atoms with Gasteiger partial charge in [0.1, 0.15) is 17.0 Å². The molecule has 0 aliphatic rings. The van der Waals surface area contributed by atoms with Gasteiger partial charge < -0.3 is 0 Å². The molecule has 0 amide bonds. The van der Waals surface area contributed by atoms with Gasteiger partial charge in [-0.15, -0.1) is 0 Å². The third-order valence-electron chi connectivity index (χ3n) is 3.21. The van der Waals surface area contributed by atoms with Gasteiger partial charge in [-0.25, -0.2) is 8.78 Å². The van der Waals surface area contributed by atoms with E-state index in [-0.39, 0.29) is 6.42 Å². The summed E-state index contributed by atoms with van der Waals surface area (Å²) in [7, 11) is 0. The van der Waals surface area contributed by atoms with Crippen molar-refractivity contribution < 1.29 is 8.78 Å². The van der Waals surface area contributed by atoms with Gasteiger partial charge in [0.15, 0.2) is 0 Å². The molecule has 0 aliphatic heterocycles. The van der Waals surface area contributed by atoms with Crippen LogP contribution in [0.3, 0.4) is 0 Å². The lowest BCUT2D eigenvalue weighted by atomic mass is 9.73. The molecule has 0 saturated heterocycles. The number of nitriles is 2. The summed E-state index contributed by atoms with van der Waals surface area (Å²) >= 11 is 0. The van der Waals surface area contributed by atoms with Gasteiger partial charge in [-0.05, 0) is 35.4 Å². The number of halogens is 2. The topological polar surface area (TPSA) is 47.6 Å². The third kappa shape index (κ3) is 2.37. The highest BCUT2D eigenvalue weighted by molar-refractivity contribution is 5.47. The van der Waals surface area contributed by atoms with Crippen molar-refractivity contribution in [3.05, 3.63) is 71.3 Å². The van der Waals surface area contributed by atoms with E-state index in [1.54, 1.807) is 0 Å². The lowest BCUT2D eigenvalue weighted by molar-refractivity contribution is 0.616. The Labute approximate surface area is 115 Å². The van der Waals surface area contributed by atoms with Gasteiger partial charge in [-0.3, -0.25) is 0 Å². The SMILES string of the molecule is N#CCC(C#N)(c1ccc(F)cc1)c1ccc(F)cc1. The third-order valence-corrected chi connectivity index (χ3v) is 3.21. The summed E-state index contributed by atoms with van der Waals surface area (Å²) in [5, 5.41) is 18.6. The summed E-state index contributed by atoms with van der Waals surface area (Å²) in [6.45, 7) is 0. The Kier molecular flexibility index (Phi) is 3.77. The average molecular weight is 268 g/mol. The average Bonchev–Trinajstić information content (AvgIpc) is 2.47. The number of nitrogens with zero attached hydrogens (tertiary/aromatic N) is 2. The molecule has 0 atom stereocenters. The van der Waals surface area contributed by atoms with Gasteiger partial charge in [0.25, 0.3) is 0 Å². The van der Waals surface area contributed by atoms with Crippen LogP contribution in [0.2, 0.25) is 0 Å². The fourth-order valence-electron chi connectivity index (χ4n) is 2.13. The van der Waals surface area contributed by atoms with Crippen molar-refractivity contribution in [2.45, 2.75) is 11.8 Å². The largest absolute Gasteiger partial charge is 0.207 e. The molecule has 0 spiro atoms. The molecule has 2 aromatic carbocycles. The van der Waals surface area contributed by atoms with E-state index in [4.69, 9.17) is 5.26 Å². The molecule has 0 aliphatic carbocycles. The van der Waals surface area contributed by atoms with Crippen LogP contribution in [0.1, 0.15) is 17.5 Å². The second kappa shape index (κ2) is 5.50. The highest BCUT2D eigenvalue weighted by Crippen LogP contribution is 2.35. The molecule has 0 fully saturated rings. The maximum Gasteiger partial charge on any atom is 0.123 e. The molecule has 0 aromatic heterocycles. The van der Waals surface area contributed by atoms with E-state index in [9.17, 15) is 14.0 Å². The maximum atomic E-state index is 13.0. The standard InChI is InChI=1S/C16H10F2N2/c17-14-5-1-12(2-6-14)16(11-20,9-10-19)13-3-7-15(18)8-4-13/h1-8H,9H2. The van der Waals surface area contributed by atoms with E-state index in [0.29, 0.717) is 11.1 Å². The molecule has 20 heavy (non-hydrogen) atoms. The van der Waals surface area contributed by atoms with E-state index in [2.05, 4.69) is 6.07 Å². The molecule has 4 heteroatoms. The summed E-state index contributed by atoms with van der Waals surface area (Å²) in [5.74, 6) is -0.840. The highest BCUT2D eigenvalue weighted by Gasteiger charge is 2.34. The second-order valence-electron chi connectivity index (χ2n) is 4.37. The maximum absolute atomic E-state index is 13.0. The molecule has 0 N–H and O–H groups in total. The molecule has 2 aromatic rings. The first-order chi connectivity index (χ1) is 9.62. The van der Waals surface area contributed by atoms with E-state index in [1.807, 2.05) is 6.07 Å². The first-order valence-electron chi connectivity index (χ1n) is 5.93. The van der Waals surface area contributed by atoms with Crippen molar-refractivity contribution in [3.63, 3.8) is 0 Å². The molecule has 0 radical (unpaired) electrons. The van der Waals surface area contributed by atoms with Crippen LogP contribution < -0.4 is 0 Å². The van der Waals surface area contributed by atoms with E-state index < -0.39 is 17.0 Å². The van der Waals surface area contributed by atoms with Crippen molar-refractivity contribution in [1.82, 2.24) is 0 Å². The zero-order chi connectivity index (χ0) is 14.6. The number of hydrogen-bond acceptors (Lipinski definition) is 2. The minimum absolute atomic E-state index is 0.0965. The summed E-state index contributed by atoms with van der Waals surface area (Å²) in [6, 6.07) is 14.9. The van der Waals surface area contributed by atoms with Gasteiger partial charge >= 0.3 is 0 Å². The summed E-state index contributed by atoms with van der Waals surface area (Å²) in [6.07, 6.45) is -0.0965. The Morgan fingerprint density at radius 2 is 1.20 bits per heavy atom. The van der Waals surface area contributed by atoms with Gasteiger partial charge in [-0.1, -0.05) is 24.3 Å². The van der Waals surface area contributed by atoms with Crippen molar-refractivity contribution in [2.24, 2.45) is 0 Å². The zero-order valence-electron chi connectivity index (χ0n) is 10.5. The van der Waals surface area contributed by atoms with Crippen molar-refractivity contribution >= 4 is 0 Å². The van der Waals surface area contributed by atoms with Gasteiger partial charge in [0.05, 0.1) is 18.6 Å². The summed E-state index contributed by atoms with van der Waals surface area (Å²) < 4.78 is 26.0. The number of hydrogen-bond donors (Lipinski definition) is 0. The van der Waals surface area contributed by atoms with Crippen LogP contribution in [0.15, 0.2) is 48.5 Å². The van der Waals surface area contributed by atoms with Gasteiger partial charge in [0, 0.05) is 0 Å². The minimum atomic E-state index is -1.23. The molecule has 2 rings (SSSR count). The van der Waals surface area contributed by atoms with E-state index >= 15 is 0 Å². The number of benzene rings is 2. The quantitative estimate of drug-likeness (QED) is 0.852. The van der Waals surface area contributed by atoms with Crippen LogP contribution >= 0.6 is 0 Å². The fourth-order valence-corrected chi connectivity index (χ4v) is 2.13. The fraction of sp³-hybridized carbons (Fsp3) is 0.125. The predicted molar refractivity (Wildman–Crippen MR) is 69.4 cm³/mol. The van der Waals surface area contributed by atoms with Crippen LogP contribution in [0, 0.1) is 34.3 Å².